The molecule has 0 aromatic rings. The van der Waals surface area contributed by atoms with Crippen LogP contribution in [-0.2, 0) is 4.79 Å². The number of rotatable bonds is 3. The molecule has 2 amide bonds. The lowest BCUT2D eigenvalue weighted by molar-refractivity contribution is -0.141. The van der Waals surface area contributed by atoms with E-state index in [-0.39, 0.29) is 13.1 Å². The molecule has 0 aromatic carbocycles. The first kappa shape index (κ1) is 12.6. The van der Waals surface area contributed by atoms with E-state index in [4.69, 9.17) is 5.11 Å². The fourth-order valence-electron chi connectivity index (χ4n) is 1.46. The van der Waals surface area contributed by atoms with Crippen LogP contribution in [0, 0.1) is 0 Å². The maximum absolute atomic E-state index is 12.0. The molecule has 0 aliphatic carbocycles. The van der Waals surface area contributed by atoms with Gasteiger partial charge in [0.25, 0.3) is 0 Å². The largest absolute Gasteiger partial charge is 0.480 e. The zero-order valence-corrected chi connectivity index (χ0v) is 8.49. The molecule has 0 aromatic heterocycles. The summed E-state index contributed by atoms with van der Waals surface area (Å²) >= 11 is 0. The topological polar surface area (TPSA) is 60.9 Å². The summed E-state index contributed by atoms with van der Waals surface area (Å²) in [4.78, 5) is 23.5. The molecule has 16 heavy (non-hydrogen) atoms. The molecule has 0 spiro atoms. The van der Waals surface area contributed by atoms with E-state index in [9.17, 15) is 22.8 Å². The quantitative estimate of drug-likeness (QED) is 0.792. The van der Waals surface area contributed by atoms with Gasteiger partial charge in [-0.1, -0.05) is 0 Å². The van der Waals surface area contributed by atoms with Gasteiger partial charge in [0.15, 0.2) is 0 Å². The highest BCUT2D eigenvalue weighted by Crippen LogP contribution is 2.20. The second kappa shape index (κ2) is 4.18. The number of urea groups is 1. The summed E-state index contributed by atoms with van der Waals surface area (Å²) in [5.41, 5.74) is 0. The van der Waals surface area contributed by atoms with E-state index >= 15 is 0 Å². The predicted octanol–water partition coefficient (Wildman–Crippen LogP) is 0.759. The summed E-state index contributed by atoms with van der Waals surface area (Å²) < 4.78 is 36.1. The second-order valence-electron chi connectivity index (χ2n) is 3.53. The lowest BCUT2D eigenvalue weighted by Gasteiger charge is -2.22. The van der Waals surface area contributed by atoms with E-state index < -0.39 is 30.8 Å². The second-order valence-corrected chi connectivity index (χ2v) is 3.53. The number of alkyl halides is 3. The maximum atomic E-state index is 12.0. The summed E-state index contributed by atoms with van der Waals surface area (Å²) in [6.07, 6.45) is -4.46. The molecule has 0 radical (unpaired) electrons. The smallest absolute Gasteiger partial charge is 0.406 e. The van der Waals surface area contributed by atoms with Crippen molar-refractivity contribution in [3.8, 4) is 0 Å². The number of nitrogens with zero attached hydrogens (tertiary/aromatic N) is 2. The molecule has 1 unspecified atom stereocenters. The minimum Gasteiger partial charge on any atom is -0.480 e. The van der Waals surface area contributed by atoms with E-state index in [1.54, 1.807) is 0 Å². The molecule has 8 heteroatoms. The van der Waals surface area contributed by atoms with Gasteiger partial charge < -0.3 is 14.9 Å². The van der Waals surface area contributed by atoms with Gasteiger partial charge in [-0.05, 0) is 6.92 Å². The Morgan fingerprint density at radius 1 is 1.50 bits per heavy atom. The Balaban J connectivity index is 2.64. The van der Waals surface area contributed by atoms with E-state index in [1.165, 1.54) is 6.92 Å². The molecular formula is C8H11F3N2O3. The molecule has 92 valence electrons. The van der Waals surface area contributed by atoms with Crippen molar-refractivity contribution in [2.24, 2.45) is 0 Å². The Morgan fingerprint density at radius 2 is 2.06 bits per heavy atom. The lowest BCUT2D eigenvalue weighted by Crippen LogP contribution is -2.43. The maximum Gasteiger partial charge on any atom is 0.406 e. The molecule has 1 saturated heterocycles. The third-order valence-corrected chi connectivity index (χ3v) is 2.32. The highest BCUT2D eigenvalue weighted by molar-refractivity contribution is 5.83. The highest BCUT2D eigenvalue weighted by Gasteiger charge is 2.40. The van der Waals surface area contributed by atoms with Crippen LogP contribution < -0.4 is 0 Å². The number of carboxylic acids is 1. The molecular weight excluding hydrogens is 229 g/mol. The molecule has 5 nitrogen and oxygen atoms in total. The number of hydrogen-bond acceptors (Lipinski definition) is 2. The van der Waals surface area contributed by atoms with Crippen molar-refractivity contribution in [1.29, 1.82) is 0 Å². The number of carbonyl (C=O) groups excluding carboxylic acids is 1. The molecule has 1 aliphatic heterocycles. The first-order valence-corrected chi connectivity index (χ1v) is 4.57. The van der Waals surface area contributed by atoms with Crippen molar-refractivity contribution in [3.05, 3.63) is 0 Å². The van der Waals surface area contributed by atoms with Crippen LogP contribution in [0.3, 0.4) is 0 Å². The lowest BCUT2D eigenvalue weighted by atomic mass is 10.3. The van der Waals surface area contributed by atoms with Crippen LogP contribution in [-0.4, -0.2) is 58.8 Å². The number of aliphatic carboxylic acids is 1. The van der Waals surface area contributed by atoms with E-state index in [1.807, 2.05) is 0 Å². The third kappa shape index (κ3) is 2.77. The van der Waals surface area contributed by atoms with Gasteiger partial charge in [0, 0.05) is 13.1 Å². The van der Waals surface area contributed by atoms with Crippen LogP contribution in [0.25, 0.3) is 0 Å². The molecule has 1 fully saturated rings. The fourth-order valence-corrected chi connectivity index (χ4v) is 1.46. The van der Waals surface area contributed by atoms with Crippen LogP contribution in [0.4, 0.5) is 18.0 Å². The van der Waals surface area contributed by atoms with Crippen LogP contribution in [0.5, 0.6) is 0 Å². The van der Waals surface area contributed by atoms with Gasteiger partial charge >= 0.3 is 18.2 Å². The van der Waals surface area contributed by atoms with Crippen molar-refractivity contribution in [1.82, 2.24) is 9.80 Å². The van der Waals surface area contributed by atoms with E-state index in [0.717, 1.165) is 4.90 Å². The minimum absolute atomic E-state index is 0.00236. The normalized spacial score (nSPS) is 19.1. The molecule has 1 rings (SSSR count). The monoisotopic (exact) mass is 240 g/mol. The summed E-state index contributed by atoms with van der Waals surface area (Å²) in [6, 6.07) is -1.99. The van der Waals surface area contributed by atoms with Crippen molar-refractivity contribution in [3.63, 3.8) is 0 Å². The first-order valence-electron chi connectivity index (χ1n) is 4.57. The van der Waals surface area contributed by atoms with Crippen molar-refractivity contribution < 1.29 is 27.9 Å². The van der Waals surface area contributed by atoms with Gasteiger partial charge in [-0.3, -0.25) is 0 Å². The minimum atomic E-state index is -4.46. The van der Waals surface area contributed by atoms with Crippen LogP contribution in [0.15, 0.2) is 0 Å². The van der Waals surface area contributed by atoms with Gasteiger partial charge in [0.1, 0.15) is 12.6 Å². The molecule has 1 aliphatic rings. The number of hydrogen-bond donors (Lipinski definition) is 1. The Bertz CT molecular complexity index is 305. The number of carboxylic acid groups (broad SMARTS) is 1. The SMILES string of the molecule is CC(C(=O)O)N1CCN(CC(F)(F)F)C1=O. The highest BCUT2D eigenvalue weighted by atomic mass is 19.4. The zero-order chi connectivity index (χ0) is 12.5. The Labute approximate surface area is 89.4 Å². The van der Waals surface area contributed by atoms with Gasteiger partial charge in [0.05, 0.1) is 0 Å². The van der Waals surface area contributed by atoms with E-state index in [2.05, 4.69) is 0 Å². The Kier molecular flexibility index (Phi) is 3.30. The number of carbonyl (C=O) groups is 2. The van der Waals surface area contributed by atoms with Gasteiger partial charge in [0.2, 0.25) is 0 Å². The fraction of sp³-hybridized carbons (Fsp3) is 0.750. The van der Waals surface area contributed by atoms with Gasteiger partial charge in [-0.15, -0.1) is 0 Å². The number of amides is 2. The van der Waals surface area contributed by atoms with E-state index in [0.29, 0.717) is 4.90 Å². The standard InChI is InChI=1S/C8H11F3N2O3/c1-5(6(14)15)13-3-2-12(7(13)16)4-8(9,10)11/h5H,2-4H2,1H3,(H,14,15). The summed E-state index contributed by atoms with van der Waals surface area (Å²) in [5, 5.41) is 8.64. The average molecular weight is 240 g/mol. The third-order valence-electron chi connectivity index (χ3n) is 2.32. The summed E-state index contributed by atoms with van der Waals surface area (Å²) in [6.45, 7) is -0.176. The van der Waals surface area contributed by atoms with Crippen molar-refractivity contribution >= 4 is 12.0 Å². The molecule has 1 heterocycles. The summed E-state index contributed by atoms with van der Waals surface area (Å²) in [7, 11) is 0. The molecule has 1 N–H and O–H groups in total. The summed E-state index contributed by atoms with van der Waals surface area (Å²) in [5.74, 6) is -1.23. The van der Waals surface area contributed by atoms with Gasteiger partial charge in [-0.2, -0.15) is 13.2 Å². The van der Waals surface area contributed by atoms with Crippen LogP contribution >= 0.6 is 0 Å². The zero-order valence-electron chi connectivity index (χ0n) is 8.49. The van der Waals surface area contributed by atoms with Crippen molar-refractivity contribution in [2.45, 2.75) is 19.1 Å². The predicted molar refractivity (Wildman–Crippen MR) is 46.8 cm³/mol. The van der Waals surface area contributed by atoms with Crippen molar-refractivity contribution in [2.75, 3.05) is 19.6 Å². The Hall–Kier alpha value is -1.47. The van der Waals surface area contributed by atoms with Gasteiger partial charge in [-0.25, -0.2) is 9.59 Å². The molecule has 0 saturated carbocycles. The number of halogens is 3. The molecule has 0 bridgehead atoms. The first-order chi connectivity index (χ1) is 7.22. The van der Waals surface area contributed by atoms with Crippen LogP contribution in [0.1, 0.15) is 6.92 Å². The average Bonchev–Trinajstić information content (AvgIpc) is 2.44. The Morgan fingerprint density at radius 3 is 2.50 bits per heavy atom. The van der Waals surface area contributed by atoms with Crippen LogP contribution in [0.2, 0.25) is 0 Å². The molecule has 1 atom stereocenters.